The number of carbonyl (C=O) groups excluding carboxylic acids is 1. The number of rotatable bonds is 3. The summed E-state index contributed by atoms with van der Waals surface area (Å²) in [6.07, 6.45) is 1.83. The Balaban J connectivity index is 1.32. The summed E-state index contributed by atoms with van der Waals surface area (Å²) in [5, 5.41) is 0. The van der Waals surface area contributed by atoms with Gasteiger partial charge in [0.25, 0.3) is 11.7 Å². The van der Waals surface area contributed by atoms with Crippen LogP contribution >= 0.6 is 0 Å². The van der Waals surface area contributed by atoms with Gasteiger partial charge in [0.1, 0.15) is 0 Å². The molecule has 0 unspecified atom stereocenters. The molecule has 2 aromatic rings. The molecule has 0 atom stereocenters. The van der Waals surface area contributed by atoms with Crippen LogP contribution in [0.2, 0.25) is 0 Å². The number of amides is 1. The molecule has 3 aliphatic rings. The molecule has 5 rings (SSSR count). The average Bonchev–Trinajstić information content (AvgIpc) is 2.94. The molecule has 2 aromatic carbocycles. The van der Waals surface area contributed by atoms with Crippen LogP contribution in [0.3, 0.4) is 0 Å². The van der Waals surface area contributed by atoms with Crippen molar-refractivity contribution >= 4 is 17.3 Å². The van der Waals surface area contributed by atoms with Crippen molar-refractivity contribution in [3.63, 3.8) is 0 Å². The van der Waals surface area contributed by atoms with Gasteiger partial charge in [-0.15, -0.1) is 0 Å². The number of benzene rings is 2. The van der Waals surface area contributed by atoms with E-state index in [4.69, 9.17) is 9.47 Å². The predicted molar refractivity (Wildman–Crippen MR) is 112 cm³/mol. The van der Waals surface area contributed by atoms with E-state index < -0.39 is 5.79 Å². The lowest BCUT2D eigenvalue weighted by Gasteiger charge is -2.38. The van der Waals surface area contributed by atoms with E-state index in [1.54, 1.807) is 0 Å². The lowest BCUT2D eigenvalue weighted by Crippen LogP contribution is -2.53. The molecule has 152 valence electrons. The molecule has 6 heteroatoms. The molecule has 0 aliphatic carbocycles. The van der Waals surface area contributed by atoms with Crippen LogP contribution in [0.1, 0.15) is 18.4 Å². The Labute approximate surface area is 171 Å². The summed E-state index contributed by atoms with van der Waals surface area (Å²) in [4.78, 5) is 20.1. The number of ether oxygens (including phenoxy) is 2. The SMILES string of the molecule is O=C1N(CN2CCN(c3ccccc3)CC2)c2ccccc2C12OCCCCO2. The Morgan fingerprint density at radius 2 is 1.48 bits per heavy atom. The number of hydrogen-bond donors (Lipinski definition) is 0. The van der Waals surface area contributed by atoms with Gasteiger partial charge in [0.15, 0.2) is 0 Å². The molecule has 0 radical (unpaired) electrons. The van der Waals surface area contributed by atoms with Gasteiger partial charge >= 0.3 is 0 Å². The van der Waals surface area contributed by atoms with Gasteiger partial charge in [0.05, 0.1) is 25.6 Å². The molecule has 1 amide bonds. The zero-order valence-electron chi connectivity index (χ0n) is 16.6. The van der Waals surface area contributed by atoms with Crippen LogP contribution in [-0.4, -0.2) is 56.9 Å². The van der Waals surface area contributed by atoms with Gasteiger partial charge in [-0.3, -0.25) is 14.6 Å². The first-order valence-electron chi connectivity index (χ1n) is 10.5. The van der Waals surface area contributed by atoms with E-state index in [1.165, 1.54) is 5.69 Å². The van der Waals surface area contributed by atoms with Crippen LogP contribution in [0, 0.1) is 0 Å². The van der Waals surface area contributed by atoms with Crippen molar-refractivity contribution in [2.45, 2.75) is 18.6 Å². The summed E-state index contributed by atoms with van der Waals surface area (Å²) in [7, 11) is 0. The second-order valence-corrected chi connectivity index (χ2v) is 7.85. The van der Waals surface area contributed by atoms with Crippen LogP contribution < -0.4 is 9.80 Å². The van der Waals surface area contributed by atoms with E-state index in [0.717, 1.165) is 50.3 Å². The summed E-state index contributed by atoms with van der Waals surface area (Å²) in [6.45, 7) is 5.38. The van der Waals surface area contributed by atoms with E-state index in [2.05, 4.69) is 34.1 Å². The Hall–Kier alpha value is -2.41. The molecule has 6 nitrogen and oxygen atoms in total. The Bertz CT molecular complexity index is 857. The van der Waals surface area contributed by atoms with Gasteiger partial charge < -0.3 is 14.4 Å². The highest BCUT2D eigenvalue weighted by molar-refractivity contribution is 6.06. The normalized spacial score (nSPS) is 22.0. The number of carbonyl (C=O) groups is 1. The number of hydrogen-bond acceptors (Lipinski definition) is 5. The quantitative estimate of drug-likeness (QED) is 0.803. The molecule has 0 aromatic heterocycles. The lowest BCUT2D eigenvalue weighted by atomic mass is 10.1. The molecule has 3 aliphatic heterocycles. The Kier molecular flexibility index (Phi) is 4.99. The molecule has 2 saturated heterocycles. The van der Waals surface area contributed by atoms with Crippen LogP contribution in [0.5, 0.6) is 0 Å². The van der Waals surface area contributed by atoms with Gasteiger partial charge in [-0.25, -0.2) is 0 Å². The molecular weight excluding hydrogens is 366 g/mol. The van der Waals surface area contributed by atoms with Crippen LogP contribution in [0.4, 0.5) is 11.4 Å². The second-order valence-electron chi connectivity index (χ2n) is 7.85. The van der Waals surface area contributed by atoms with Crippen LogP contribution in [0.25, 0.3) is 0 Å². The Morgan fingerprint density at radius 3 is 2.21 bits per heavy atom. The van der Waals surface area contributed by atoms with Gasteiger partial charge in [-0.05, 0) is 31.0 Å². The Morgan fingerprint density at radius 1 is 0.828 bits per heavy atom. The summed E-state index contributed by atoms with van der Waals surface area (Å²) in [5.41, 5.74) is 3.01. The van der Waals surface area contributed by atoms with Crippen LogP contribution in [-0.2, 0) is 20.1 Å². The number of nitrogens with zero attached hydrogens (tertiary/aromatic N) is 3. The van der Waals surface area contributed by atoms with Crippen molar-refractivity contribution in [1.29, 1.82) is 0 Å². The van der Waals surface area contributed by atoms with Gasteiger partial charge in [-0.2, -0.15) is 0 Å². The highest BCUT2D eigenvalue weighted by atomic mass is 16.7. The maximum Gasteiger partial charge on any atom is 0.293 e. The van der Waals surface area contributed by atoms with E-state index >= 15 is 0 Å². The van der Waals surface area contributed by atoms with Crippen molar-refractivity contribution in [2.75, 3.05) is 55.9 Å². The summed E-state index contributed by atoms with van der Waals surface area (Å²) in [6, 6.07) is 18.4. The van der Waals surface area contributed by atoms with Crippen molar-refractivity contribution in [3.05, 3.63) is 60.2 Å². The van der Waals surface area contributed by atoms with Crippen molar-refractivity contribution in [1.82, 2.24) is 4.90 Å². The highest BCUT2D eigenvalue weighted by Gasteiger charge is 2.54. The first-order chi connectivity index (χ1) is 14.3. The van der Waals surface area contributed by atoms with E-state index in [-0.39, 0.29) is 5.91 Å². The van der Waals surface area contributed by atoms with Crippen molar-refractivity contribution in [2.24, 2.45) is 0 Å². The zero-order valence-corrected chi connectivity index (χ0v) is 16.6. The van der Waals surface area contributed by atoms with Crippen molar-refractivity contribution < 1.29 is 14.3 Å². The maximum atomic E-state index is 13.5. The molecular formula is C23H27N3O3. The minimum atomic E-state index is -1.26. The highest BCUT2D eigenvalue weighted by Crippen LogP contribution is 2.44. The monoisotopic (exact) mass is 393 g/mol. The van der Waals surface area contributed by atoms with E-state index in [9.17, 15) is 4.79 Å². The van der Waals surface area contributed by atoms with Crippen LogP contribution in [0.15, 0.2) is 54.6 Å². The minimum absolute atomic E-state index is 0.0916. The molecule has 0 bridgehead atoms. The fourth-order valence-corrected chi connectivity index (χ4v) is 4.47. The number of fused-ring (bicyclic) bond motifs is 2. The molecule has 0 N–H and O–H groups in total. The zero-order chi connectivity index (χ0) is 19.7. The molecule has 29 heavy (non-hydrogen) atoms. The summed E-state index contributed by atoms with van der Waals surface area (Å²) >= 11 is 0. The summed E-state index contributed by atoms with van der Waals surface area (Å²) in [5.74, 6) is -1.36. The maximum absolute atomic E-state index is 13.5. The van der Waals surface area contributed by atoms with Gasteiger partial charge in [0, 0.05) is 37.4 Å². The largest absolute Gasteiger partial charge is 0.369 e. The second kappa shape index (κ2) is 7.78. The lowest BCUT2D eigenvalue weighted by molar-refractivity contribution is -0.223. The van der Waals surface area contributed by atoms with E-state index in [0.29, 0.717) is 19.9 Å². The fourth-order valence-electron chi connectivity index (χ4n) is 4.47. The minimum Gasteiger partial charge on any atom is -0.369 e. The third-order valence-corrected chi connectivity index (χ3v) is 6.06. The fraction of sp³-hybridized carbons (Fsp3) is 0.435. The third kappa shape index (κ3) is 3.31. The molecule has 1 spiro atoms. The first kappa shape index (κ1) is 18.6. The summed E-state index contributed by atoms with van der Waals surface area (Å²) < 4.78 is 12.1. The third-order valence-electron chi connectivity index (χ3n) is 6.06. The molecule has 0 saturated carbocycles. The molecule has 3 heterocycles. The number of anilines is 2. The first-order valence-corrected chi connectivity index (χ1v) is 10.5. The number of piperazine rings is 1. The number of para-hydroxylation sites is 2. The standard InChI is InChI=1S/C23H27N3O3/c27-22-23(28-16-6-7-17-29-23)20-10-4-5-11-21(20)26(22)18-24-12-14-25(15-13-24)19-8-2-1-3-9-19/h1-5,8-11H,6-7,12-18H2. The van der Waals surface area contributed by atoms with Gasteiger partial charge in [0.2, 0.25) is 0 Å². The van der Waals surface area contributed by atoms with E-state index in [1.807, 2.05) is 35.2 Å². The molecule has 2 fully saturated rings. The predicted octanol–water partition coefficient (Wildman–Crippen LogP) is 2.79. The van der Waals surface area contributed by atoms with Gasteiger partial charge in [-0.1, -0.05) is 36.4 Å². The topological polar surface area (TPSA) is 45.3 Å². The van der Waals surface area contributed by atoms with Crippen molar-refractivity contribution in [3.8, 4) is 0 Å². The average molecular weight is 393 g/mol. The smallest absolute Gasteiger partial charge is 0.293 e.